The molecule has 0 radical (unpaired) electrons. The van der Waals surface area contributed by atoms with Crippen LogP contribution >= 0.6 is 22.9 Å². The van der Waals surface area contributed by atoms with Crippen LogP contribution in [0.15, 0.2) is 35.1 Å². The fraction of sp³-hybridized carbons (Fsp3) is 0.400. The van der Waals surface area contributed by atoms with Gasteiger partial charge in [-0.2, -0.15) is 0 Å². The van der Waals surface area contributed by atoms with E-state index in [4.69, 9.17) is 11.6 Å². The van der Waals surface area contributed by atoms with Gasteiger partial charge in [-0.1, -0.05) is 41.7 Å². The lowest BCUT2D eigenvalue weighted by atomic mass is 10.2. The molecule has 29 heavy (non-hydrogen) atoms. The molecular formula is C20H20ClN5O2S. The van der Waals surface area contributed by atoms with Crippen LogP contribution in [0.1, 0.15) is 37.1 Å². The number of halogens is 1. The number of thiazole rings is 1. The van der Waals surface area contributed by atoms with Gasteiger partial charge in [-0.3, -0.25) is 9.59 Å². The van der Waals surface area contributed by atoms with Crippen molar-refractivity contribution in [3.05, 3.63) is 52.1 Å². The van der Waals surface area contributed by atoms with E-state index in [2.05, 4.69) is 20.3 Å². The highest BCUT2D eigenvalue weighted by atomic mass is 35.5. The second-order valence-corrected chi connectivity index (χ2v) is 9.26. The summed E-state index contributed by atoms with van der Waals surface area (Å²) in [6.45, 7) is 1.22. The molecule has 2 fully saturated rings. The highest BCUT2D eigenvalue weighted by molar-refractivity contribution is 7.21. The lowest BCUT2D eigenvalue weighted by molar-refractivity contribution is -0.122. The molecule has 2 aliphatic rings. The lowest BCUT2D eigenvalue weighted by Gasteiger charge is -2.23. The first-order chi connectivity index (χ1) is 14.0. The Bertz CT molecular complexity index is 1120. The number of hydrogen-bond acceptors (Lipinski definition) is 6. The predicted molar refractivity (Wildman–Crippen MR) is 113 cm³/mol. The van der Waals surface area contributed by atoms with Crippen LogP contribution in [0.3, 0.4) is 0 Å². The summed E-state index contributed by atoms with van der Waals surface area (Å²) in [7, 11) is 0. The largest absolute Gasteiger partial charge is 0.350 e. The fourth-order valence-electron chi connectivity index (χ4n) is 3.67. The van der Waals surface area contributed by atoms with Crippen molar-refractivity contribution < 1.29 is 4.79 Å². The molecule has 1 saturated heterocycles. The molecule has 1 aromatic carbocycles. The van der Waals surface area contributed by atoms with Crippen molar-refractivity contribution in [2.24, 2.45) is 0 Å². The number of benzene rings is 1. The van der Waals surface area contributed by atoms with Gasteiger partial charge in [0.05, 0.1) is 0 Å². The summed E-state index contributed by atoms with van der Waals surface area (Å²) in [6, 6.07) is 9.54. The van der Waals surface area contributed by atoms with E-state index < -0.39 is 4.87 Å². The minimum absolute atomic E-state index is 0.0224. The number of aromatic amines is 1. The highest BCUT2D eigenvalue weighted by Crippen LogP contribution is 2.50. The molecule has 1 aliphatic heterocycles. The number of rotatable bonds is 5. The van der Waals surface area contributed by atoms with Crippen LogP contribution in [-0.4, -0.2) is 33.4 Å². The van der Waals surface area contributed by atoms with Gasteiger partial charge >= 0.3 is 0 Å². The standard InChI is InChI=1S/C20H20ClN5O2S/c21-20(8-9-20)18-24-16(28)14-17(25-18)29-19(23-14)26-10-4-7-13(26)15(27)22-11-12-5-2-1-3-6-12/h1-3,5-6,13H,4,7-11H2,(H,22,27)(H,24,25,28). The maximum atomic E-state index is 12.8. The smallest absolute Gasteiger partial charge is 0.278 e. The van der Waals surface area contributed by atoms with E-state index in [1.807, 2.05) is 35.2 Å². The Morgan fingerprint density at radius 3 is 2.86 bits per heavy atom. The van der Waals surface area contributed by atoms with Crippen LogP contribution in [0.2, 0.25) is 0 Å². The molecule has 1 unspecified atom stereocenters. The Kier molecular flexibility index (Phi) is 4.55. The number of carbonyl (C=O) groups excluding carboxylic acids is 1. The van der Waals surface area contributed by atoms with E-state index in [9.17, 15) is 9.59 Å². The molecule has 0 spiro atoms. The van der Waals surface area contributed by atoms with Gasteiger partial charge in [0.15, 0.2) is 15.5 Å². The third-order valence-electron chi connectivity index (χ3n) is 5.48. The SMILES string of the molecule is O=C(NCc1ccccc1)C1CCCN1c1nc2c(=O)[nH]c(C3(Cl)CC3)nc2s1. The van der Waals surface area contributed by atoms with E-state index in [0.29, 0.717) is 27.8 Å². The van der Waals surface area contributed by atoms with Gasteiger partial charge in [0, 0.05) is 13.1 Å². The summed E-state index contributed by atoms with van der Waals surface area (Å²) < 4.78 is 0. The Hall–Kier alpha value is -2.45. The van der Waals surface area contributed by atoms with Gasteiger partial charge in [0.25, 0.3) is 5.56 Å². The Labute approximate surface area is 176 Å². The van der Waals surface area contributed by atoms with Crippen molar-refractivity contribution in [1.82, 2.24) is 20.3 Å². The maximum absolute atomic E-state index is 12.8. The Morgan fingerprint density at radius 1 is 1.31 bits per heavy atom. The van der Waals surface area contributed by atoms with E-state index in [-0.39, 0.29) is 17.5 Å². The number of fused-ring (bicyclic) bond motifs is 1. The molecule has 1 atom stereocenters. The zero-order valence-electron chi connectivity index (χ0n) is 15.7. The monoisotopic (exact) mass is 429 g/mol. The molecule has 1 saturated carbocycles. The lowest BCUT2D eigenvalue weighted by Crippen LogP contribution is -2.43. The first kappa shape index (κ1) is 18.6. The van der Waals surface area contributed by atoms with Gasteiger partial charge in [0.2, 0.25) is 5.91 Å². The summed E-state index contributed by atoms with van der Waals surface area (Å²) >= 11 is 7.76. The second kappa shape index (κ2) is 7.11. The Morgan fingerprint density at radius 2 is 2.10 bits per heavy atom. The number of carbonyl (C=O) groups is 1. The fourth-order valence-corrected chi connectivity index (χ4v) is 4.88. The van der Waals surface area contributed by atoms with Gasteiger partial charge in [-0.05, 0) is 31.2 Å². The van der Waals surface area contributed by atoms with E-state index in [0.717, 1.165) is 37.8 Å². The summed E-state index contributed by atoms with van der Waals surface area (Å²) in [6.07, 6.45) is 3.28. The van der Waals surface area contributed by atoms with Gasteiger partial charge in [-0.25, -0.2) is 9.97 Å². The summed E-state index contributed by atoms with van der Waals surface area (Å²) in [5, 5.41) is 3.68. The average Bonchev–Trinajstić information content (AvgIpc) is 3.14. The summed E-state index contributed by atoms with van der Waals surface area (Å²) in [5.41, 5.74) is 1.09. The molecule has 9 heteroatoms. The number of nitrogens with one attached hydrogen (secondary N) is 2. The zero-order chi connectivity index (χ0) is 20.0. The molecule has 2 aromatic heterocycles. The molecule has 3 heterocycles. The number of alkyl halides is 1. The second-order valence-electron chi connectivity index (χ2n) is 7.58. The molecular weight excluding hydrogens is 410 g/mol. The third kappa shape index (κ3) is 3.51. The Balaban J connectivity index is 1.38. The van der Waals surface area contributed by atoms with E-state index in [1.165, 1.54) is 11.3 Å². The van der Waals surface area contributed by atoms with Crippen LogP contribution in [-0.2, 0) is 16.2 Å². The molecule has 1 amide bonds. The molecule has 3 aromatic rings. The number of nitrogens with zero attached hydrogens (tertiary/aromatic N) is 3. The normalized spacial score (nSPS) is 20.2. The molecule has 2 N–H and O–H groups in total. The summed E-state index contributed by atoms with van der Waals surface area (Å²) in [5.74, 6) is 0.497. The van der Waals surface area contributed by atoms with Crippen molar-refractivity contribution in [2.75, 3.05) is 11.4 Å². The average molecular weight is 430 g/mol. The van der Waals surface area contributed by atoms with Crippen LogP contribution in [0.4, 0.5) is 5.13 Å². The van der Waals surface area contributed by atoms with Gasteiger partial charge < -0.3 is 15.2 Å². The van der Waals surface area contributed by atoms with Crippen molar-refractivity contribution >= 4 is 44.3 Å². The third-order valence-corrected chi connectivity index (χ3v) is 7.03. The van der Waals surface area contributed by atoms with E-state index in [1.54, 1.807) is 0 Å². The topological polar surface area (TPSA) is 91.0 Å². The number of hydrogen-bond donors (Lipinski definition) is 2. The molecule has 150 valence electrons. The molecule has 1 aliphatic carbocycles. The first-order valence-electron chi connectivity index (χ1n) is 9.72. The minimum Gasteiger partial charge on any atom is -0.350 e. The summed E-state index contributed by atoms with van der Waals surface area (Å²) in [4.78, 5) is 39.1. The van der Waals surface area contributed by atoms with Crippen molar-refractivity contribution in [3.63, 3.8) is 0 Å². The van der Waals surface area contributed by atoms with Crippen LogP contribution in [0.5, 0.6) is 0 Å². The van der Waals surface area contributed by atoms with E-state index >= 15 is 0 Å². The maximum Gasteiger partial charge on any atom is 0.278 e. The van der Waals surface area contributed by atoms with Crippen molar-refractivity contribution in [2.45, 2.75) is 43.1 Å². The van der Waals surface area contributed by atoms with Gasteiger partial charge in [0.1, 0.15) is 16.7 Å². The molecule has 7 nitrogen and oxygen atoms in total. The molecule has 0 bridgehead atoms. The van der Waals surface area contributed by atoms with Crippen molar-refractivity contribution in [1.29, 1.82) is 0 Å². The molecule has 5 rings (SSSR count). The number of aromatic nitrogens is 3. The van der Waals surface area contributed by atoms with Crippen LogP contribution in [0, 0.1) is 0 Å². The van der Waals surface area contributed by atoms with Crippen molar-refractivity contribution in [3.8, 4) is 0 Å². The number of amides is 1. The predicted octanol–water partition coefficient (Wildman–Crippen LogP) is 2.89. The van der Waals surface area contributed by atoms with Crippen LogP contribution < -0.4 is 15.8 Å². The number of anilines is 1. The van der Waals surface area contributed by atoms with Gasteiger partial charge in [-0.15, -0.1) is 11.6 Å². The number of H-pyrrole nitrogens is 1. The quantitative estimate of drug-likeness (QED) is 0.608. The first-order valence-corrected chi connectivity index (χ1v) is 10.9. The van der Waals surface area contributed by atoms with Crippen LogP contribution in [0.25, 0.3) is 10.3 Å². The highest BCUT2D eigenvalue weighted by Gasteiger charge is 2.45. The minimum atomic E-state index is -0.537. The zero-order valence-corrected chi connectivity index (χ0v) is 17.2.